The first-order chi connectivity index (χ1) is 13.7. The number of para-hydroxylation sites is 1. The fourth-order valence-electron chi connectivity index (χ4n) is 3.70. The van der Waals surface area contributed by atoms with Crippen molar-refractivity contribution in [3.63, 3.8) is 0 Å². The van der Waals surface area contributed by atoms with Crippen molar-refractivity contribution in [1.82, 2.24) is 4.57 Å². The highest BCUT2D eigenvalue weighted by atomic mass is 35.5. The van der Waals surface area contributed by atoms with E-state index in [9.17, 15) is 4.79 Å². The Hall–Kier alpha value is -2.82. The van der Waals surface area contributed by atoms with Crippen LogP contribution in [-0.4, -0.2) is 10.5 Å². The summed E-state index contributed by atoms with van der Waals surface area (Å²) in [7, 11) is 0. The molecule has 0 atom stereocenters. The second kappa shape index (κ2) is 6.97. The number of thiophene rings is 1. The summed E-state index contributed by atoms with van der Waals surface area (Å²) < 4.78 is 2.19. The smallest absolute Gasteiger partial charge is 0.260 e. The number of anilines is 1. The van der Waals surface area contributed by atoms with Crippen molar-refractivity contribution in [3.8, 4) is 10.4 Å². The Balaban J connectivity index is 1.56. The van der Waals surface area contributed by atoms with Crippen LogP contribution in [0.15, 0.2) is 78.3 Å². The molecule has 2 aromatic heterocycles. The van der Waals surface area contributed by atoms with Crippen LogP contribution in [0.4, 0.5) is 5.69 Å². The molecule has 0 radical (unpaired) electrons. The maximum Gasteiger partial charge on any atom is 0.260 e. The van der Waals surface area contributed by atoms with Crippen LogP contribution in [0.3, 0.4) is 0 Å². The minimum Gasteiger partial charge on any atom is -0.345 e. The van der Waals surface area contributed by atoms with Gasteiger partial charge in [-0.3, -0.25) is 4.79 Å². The summed E-state index contributed by atoms with van der Waals surface area (Å²) in [6.45, 7) is 1.28. The highest BCUT2D eigenvalue weighted by molar-refractivity contribution is 7.13. The average Bonchev–Trinajstić information content (AvgIpc) is 3.36. The highest BCUT2D eigenvalue weighted by Crippen LogP contribution is 2.33. The van der Waals surface area contributed by atoms with E-state index in [1.54, 1.807) is 11.3 Å². The molecular weight excluding hydrogens is 388 g/mol. The molecule has 4 aromatic rings. The number of fused-ring (bicyclic) bond motifs is 2. The molecule has 138 valence electrons. The van der Waals surface area contributed by atoms with Crippen molar-refractivity contribution >= 4 is 34.5 Å². The second-order valence-electron chi connectivity index (χ2n) is 6.82. The van der Waals surface area contributed by atoms with Crippen molar-refractivity contribution in [1.29, 1.82) is 0 Å². The molecule has 28 heavy (non-hydrogen) atoms. The number of carbonyl (C=O) groups is 1. The highest BCUT2D eigenvalue weighted by Gasteiger charge is 2.26. The van der Waals surface area contributed by atoms with E-state index in [4.69, 9.17) is 11.6 Å². The molecule has 1 aliphatic rings. The van der Waals surface area contributed by atoms with E-state index in [-0.39, 0.29) is 5.91 Å². The van der Waals surface area contributed by atoms with Gasteiger partial charge in [-0.15, -0.1) is 11.3 Å². The van der Waals surface area contributed by atoms with Gasteiger partial charge >= 0.3 is 0 Å². The van der Waals surface area contributed by atoms with Crippen LogP contribution in [0, 0.1) is 0 Å². The number of halogens is 1. The van der Waals surface area contributed by atoms with Gasteiger partial charge in [0, 0.05) is 29.0 Å². The van der Waals surface area contributed by atoms with Crippen LogP contribution < -0.4 is 4.90 Å². The van der Waals surface area contributed by atoms with Gasteiger partial charge in [0.05, 0.1) is 17.1 Å². The molecule has 1 aliphatic heterocycles. The number of benzene rings is 2. The first kappa shape index (κ1) is 17.3. The normalized spacial score (nSPS) is 13.0. The number of aromatic nitrogens is 1. The van der Waals surface area contributed by atoms with Crippen LogP contribution in [0.1, 0.15) is 21.6 Å². The standard InChI is InChI=1S/C23H17ClN2OS/c24-20-13-16(22-8-4-12-28-22)9-10-19(20)23(27)26-15-18-6-3-11-25(18)14-17-5-1-2-7-21(17)26/h1-13H,14-15H2. The Morgan fingerprint density at radius 2 is 1.86 bits per heavy atom. The second-order valence-corrected chi connectivity index (χ2v) is 8.17. The number of amides is 1. The van der Waals surface area contributed by atoms with Crippen molar-refractivity contribution < 1.29 is 4.79 Å². The van der Waals surface area contributed by atoms with Gasteiger partial charge in [-0.2, -0.15) is 0 Å². The van der Waals surface area contributed by atoms with Gasteiger partial charge in [0.15, 0.2) is 0 Å². The Bertz CT molecular complexity index is 1160. The summed E-state index contributed by atoms with van der Waals surface area (Å²) >= 11 is 8.22. The zero-order valence-electron chi connectivity index (χ0n) is 15.0. The van der Waals surface area contributed by atoms with Crippen molar-refractivity contribution in [3.05, 3.63) is 100 Å². The van der Waals surface area contributed by atoms with E-state index in [1.165, 1.54) is 0 Å². The van der Waals surface area contributed by atoms with Gasteiger partial charge in [0.2, 0.25) is 0 Å². The lowest BCUT2D eigenvalue weighted by molar-refractivity contribution is 0.0985. The van der Waals surface area contributed by atoms with Gasteiger partial charge in [-0.25, -0.2) is 0 Å². The largest absolute Gasteiger partial charge is 0.345 e. The lowest BCUT2D eigenvalue weighted by atomic mass is 10.1. The molecule has 0 saturated carbocycles. The van der Waals surface area contributed by atoms with Crippen molar-refractivity contribution in [2.75, 3.05) is 4.90 Å². The first-order valence-electron chi connectivity index (χ1n) is 9.08. The predicted molar refractivity (Wildman–Crippen MR) is 115 cm³/mol. The van der Waals surface area contributed by atoms with Crippen LogP contribution in [0.25, 0.3) is 10.4 Å². The Labute approximate surface area is 172 Å². The Kier molecular flexibility index (Phi) is 4.30. The summed E-state index contributed by atoms with van der Waals surface area (Å²) in [6.07, 6.45) is 2.06. The topological polar surface area (TPSA) is 25.2 Å². The third kappa shape index (κ3) is 2.95. The van der Waals surface area contributed by atoms with Crippen LogP contribution in [-0.2, 0) is 13.1 Å². The minimum absolute atomic E-state index is 0.0789. The molecule has 1 amide bonds. The van der Waals surface area contributed by atoms with Crippen molar-refractivity contribution in [2.45, 2.75) is 13.1 Å². The maximum atomic E-state index is 13.5. The van der Waals surface area contributed by atoms with E-state index in [1.807, 2.05) is 58.8 Å². The molecule has 3 heterocycles. The Morgan fingerprint density at radius 1 is 0.964 bits per heavy atom. The van der Waals surface area contributed by atoms with Gasteiger partial charge in [0.25, 0.3) is 5.91 Å². The van der Waals surface area contributed by atoms with Crippen LogP contribution in [0.2, 0.25) is 5.02 Å². The molecule has 0 spiro atoms. The van der Waals surface area contributed by atoms with Crippen LogP contribution in [0.5, 0.6) is 0 Å². The molecule has 0 bridgehead atoms. The summed E-state index contributed by atoms with van der Waals surface area (Å²) in [5.74, 6) is -0.0789. The molecule has 0 N–H and O–H groups in total. The van der Waals surface area contributed by atoms with E-state index < -0.39 is 0 Å². The molecule has 5 heteroatoms. The molecule has 0 aliphatic carbocycles. The number of rotatable bonds is 2. The lowest BCUT2D eigenvalue weighted by Gasteiger charge is -2.23. The Morgan fingerprint density at radius 3 is 2.68 bits per heavy atom. The third-order valence-corrected chi connectivity index (χ3v) is 6.35. The lowest BCUT2D eigenvalue weighted by Crippen LogP contribution is -2.30. The van der Waals surface area contributed by atoms with Gasteiger partial charge < -0.3 is 9.47 Å². The summed E-state index contributed by atoms with van der Waals surface area (Å²) in [6, 6.07) is 21.9. The SMILES string of the molecule is O=C(c1ccc(-c2cccs2)cc1Cl)N1Cc2cccn2Cc2ccccc21. The van der Waals surface area contributed by atoms with E-state index in [0.717, 1.165) is 33.9 Å². The quantitative estimate of drug-likeness (QED) is 0.397. The molecule has 2 aromatic carbocycles. The third-order valence-electron chi connectivity index (χ3n) is 5.12. The zero-order valence-corrected chi connectivity index (χ0v) is 16.6. The molecule has 0 fully saturated rings. The van der Waals surface area contributed by atoms with E-state index in [2.05, 4.69) is 29.0 Å². The van der Waals surface area contributed by atoms with Crippen molar-refractivity contribution in [2.24, 2.45) is 0 Å². The first-order valence-corrected chi connectivity index (χ1v) is 10.3. The van der Waals surface area contributed by atoms with Gasteiger partial charge in [-0.1, -0.05) is 41.9 Å². The van der Waals surface area contributed by atoms with Crippen LogP contribution >= 0.6 is 22.9 Å². The minimum atomic E-state index is -0.0789. The fraction of sp³-hybridized carbons (Fsp3) is 0.0870. The maximum absolute atomic E-state index is 13.5. The van der Waals surface area contributed by atoms with E-state index >= 15 is 0 Å². The molecule has 0 unspecified atom stereocenters. The van der Waals surface area contributed by atoms with Gasteiger partial charge in [-0.05, 0) is 52.9 Å². The monoisotopic (exact) mass is 404 g/mol. The molecule has 0 saturated heterocycles. The number of carbonyl (C=O) groups excluding carboxylic acids is 1. The summed E-state index contributed by atoms with van der Waals surface area (Å²) in [5, 5.41) is 2.51. The van der Waals surface area contributed by atoms with Gasteiger partial charge in [0.1, 0.15) is 0 Å². The van der Waals surface area contributed by atoms with E-state index in [0.29, 0.717) is 17.1 Å². The number of hydrogen-bond acceptors (Lipinski definition) is 2. The predicted octanol–water partition coefficient (Wildman–Crippen LogP) is 6.08. The fourth-order valence-corrected chi connectivity index (χ4v) is 4.68. The number of hydrogen-bond donors (Lipinski definition) is 0. The summed E-state index contributed by atoms with van der Waals surface area (Å²) in [4.78, 5) is 16.5. The zero-order chi connectivity index (χ0) is 19.1. The molecule has 3 nitrogen and oxygen atoms in total. The molecule has 5 rings (SSSR count). The number of nitrogens with zero attached hydrogens (tertiary/aromatic N) is 2. The average molecular weight is 405 g/mol. The molecular formula is C23H17ClN2OS. The summed E-state index contributed by atoms with van der Waals surface area (Å²) in [5.41, 5.74) is 4.72.